The van der Waals surface area contributed by atoms with Gasteiger partial charge in [0.1, 0.15) is 12.4 Å². The van der Waals surface area contributed by atoms with Crippen LogP contribution in [0.25, 0.3) is 0 Å². The van der Waals surface area contributed by atoms with Gasteiger partial charge in [0, 0.05) is 18.5 Å². The highest BCUT2D eigenvalue weighted by Gasteiger charge is 2.02. The summed E-state index contributed by atoms with van der Waals surface area (Å²) >= 11 is 0. The first-order valence-corrected chi connectivity index (χ1v) is 8.47. The van der Waals surface area contributed by atoms with Crippen molar-refractivity contribution in [3.8, 4) is 17.6 Å². The van der Waals surface area contributed by atoms with Gasteiger partial charge < -0.3 is 4.74 Å². The van der Waals surface area contributed by atoms with E-state index in [1.807, 2.05) is 18.2 Å². The third-order valence-corrected chi connectivity index (χ3v) is 3.16. The summed E-state index contributed by atoms with van der Waals surface area (Å²) in [5.74, 6) is 7.23. The zero-order valence-electron chi connectivity index (χ0n) is 16.0. The maximum absolute atomic E-state index is 5.76. The Morgan fingerprint density at radius 1 is 1.25 bits per heavy atom. The summed E-state index contributed by atoms with van der Waals surface area (Å²) in [4.78, 5) is 2.25. The standard InChI is InChI=1S/C22H31NO/c1-19(2)13-16-24-21-12-10-11-20(17-21)18-23(6)15-9-7-8-14-22(3,4)5/h7,9-13,17H,15-16,18H2,1-6H3/b9-7+. The van der Waals surface area contributed by atoms with Crippen LogP contribution in [0.3, 0.4) is 0 Å². The summed E-state index contributed by atoms with van der Waals surface area (Å²) in [6.07, 6.45) is 6.14. The molecule has 0 spiro atoms. The minimum Gasteiger partial charge on any atom is -0.490 e. The molecule has 0 N–H and O–H groups in total. The van der Waals surface area contributed by atoms with Crippen molar-refractivity contribution >= 4 is 0 Å². The molecule has 0 unspecified atom stereocenters. The Labute approximate surface area is 148 Å². The molecule has 0 aliphatic rings. The van der Waals surface area contributed by atoms with Crippen molar-refractivity contribution in [2.45, 2.75) is 41.2 Å². The van der Waals surface area contributed by atoms with E-state index in [0.717, 1.165) is 18.8 Å². The van der Waals surface area contributed by atoms with Crippen molar-refractivity contribution in [3.63, 3.8) is 0 Å². The van der Waals surface area contributed by atoms with Crippen LogP contribution in [-0.4, -0.2) is 25.1 Å². The lowest BCUT2D eigenvalue weighted by molar-refractivity contribution is 0.352. The van der Waals surface area contributed by atoms with E-state index in [4.69, 9.17) is 4.74 Å². The molecule has 0 aliphatic heterocycles. The molecule has 0 saturated carbocycles. The van der Waals surface area contributed by atoms with Gasteiger partial charge in [0.25, 0.3) is 0 Å². The summed E-state index contributed by atoms with van der Waals surface area (Å²) in [5.41, 5.74) is 2.58. The van der Waals surface area contributed by atoms with E-state index >= 15 is 0 Å². The molecule has 0 atom stereocenters. The number of nitrogens with zero attached hydrogens (tertiary/aromatic N) is 1. The van der Waals surface area contributed by atoms with Crippen molar-refractivity contribution in [2.75, 3.05) is 20.2 Å². The molecule has 2 heteroatoms. The molecule has 0 aliphatic carbocycles. The SMILES string of the molecule is CC(C)=CCOc1cccc(CN(C)C/C=C/C#CC(C)(C)C)c1. The number of allylic oxidation sites excluding steroid dienone is 2. The molecule has 0 saturated heterocycles. The number of ether oxygens (including phenoxy) is 1. The van der Waals surface area contributed by atoms with E-state index in [0.29, 0.717) is 6.61 Å². The first-order valence-electron chi connectivity index (χ1n) is 8.47. The van der Waals surface area contributed by atoms with Crippen LogP contribution in [0.1, 0.15) is 40.2 Å². The van der Waals surface area contributed by atoms with Crippen LogP contribution in [-0.2, 0) is 6.54 Å². The van der Waals surface area contributed by atoms with Crippen LogP contribution in [0.4, 0.5) is 0 Å². The van der Waals surface area contributed by atoms with Crippen LogP contribution in [0.5, 0.6) is 5.75 Å². The van der Waals surface area contributed by atoms with Gasteiger partial charge in [-0.2, -0.15) is 0 Å². The second-order valence-corrected chi connectivity index (χ2v) is 7.36. The highest BCUT2D eigenvalue weighted by Crippen LogP contribution is 2.15. The third kappa shape index (κ3) is 9.92. The summed E-state index contributed by atoms with van der Waals surface area (Å²) in [6.45, 7) is 12.9. The lowest BCUT2D eigenvalue weighted by atomic mass is 9.98. The Balaban J connectivity index is 2.49. The summed E-state index contributed by atoms with van der Waals surface area (Å²) in [7, 11) is 2.11. The van der Waals surface area contributed by atoms with Crippen molar-refractivity contribution < 1.29 is 4.74 Å². The third-order valence-electron chi connectivity index (χ3n) is 3.16. The number of hydrogen-bond acceptors (Lipinski definition) is 2. The Hall–Kier alpha value is -1.98. The van der Waals surface area contributed by atoms with Gasteiger partial charge in [-0.15, -0.1) is 0 Å². The monoisotopic (exact) mass is 325 g/mol. The van der Waals surface area contributed by atoms with E-state index in [1.54, 1.807) is 0 Å². The molecule has 0 aromatic heterocycles. The minimum atomic E-state index is 0.0577. The molecule has 1 rings (SSSR count). The highest BCUT2D eigenvalue weighted by molar-refractivity contribution is 5.28. The minimum absolute atomic E-state index is 0.0577. The van der Waals surface area contributed by atoms with Crippen LogP contribution < -0.4 is 4.74 Å². The second-order valence-electron chi connectivity index (χ2n) is 7.36. The zero-order chi connectivity index (χ0) is 18.0. The van der Waals surface area contributed by atoms with Gasteiger partial charge in [-0.3, -0.25) is 4.90 Å². The molecule has 24 heavy (non-hydrogen) atoms. The normalized spacial score (nSPS) is 11.3. The van der Waals surface area contributed by atoms with E-state index in [1.165, 1.54) is 11.1 Å². The van der Waals surface area contributed by atoms with Crippen molar-refractivity contribution in [3.05, 3.63) is 53.6 Å². The topological polar surface area (TPSA) is 12.5 Å². The predicted molar refractivity (Wildman–Crippen MR) is 104 cm³/mol. The van der Waals surface area contributed by atoms with Gasteiger partial charge in [-0.1, -0.05) is 35.6 Å². The summed E-state index contributed by atoms with van der Waals surface area (Å²) < 4.78 is 5.76. The molecule has 0 radical (unpaired) electrons. The lowest BCUT2D eigenvalue weighted by Gasteiger charge is -2.15. The first kappa shape index (κ1) is 20.1. The zero-order valence-corrected chi connectivity index (χ0v) is 16.0. The Kier molecular flexibility index (Phi) is 8.36. The highest BCUT2D eigenvalue weighted by atomic mass is 16.5. The second kappa shape index (κ2) is 10.0. The van der Waals surface area contributed by atoms with E-state index in [-0.39, 0.29) is 5.41 Å². The van der Waals surface area contributed by atoms with E-state index in [2.05, 4.69) is 82.7 Å². The van der Waals surface area contributed by atoms with E-state index in [9.17, 15) is 0 Å². The molecule has 1 aromatic rings. The van der Waals surface area contributed by atoms with Crippen LogP contribution >= 0.6 is 0 Å². The molecule has 0 bridgehead atoms. The van der Waals surface area contributed by atoms with Crippen LogP contribution in [0, 0.1) is 17.3 Å². The van der Waals surface area contributed by atoms with Crippen molar-refractivity contribution in [1.82, 2.24) is 4.90 Å². The van der Waals surface area contributed by atoms with Gasteiger partial charge in [-0.05, 0) is 71.5 Å². The van der Waals surface area contributed by atoms with Crippen molar-refractivity contribution in [1.29, 1.82) is 0 Å². The molecular weight excluding hydrogens is 294 g/mol. The largest absolute Gasteiger partial charge is 0.490 e. The molecule has 0 heterocycles. The summed E-state index contributed by atoms with van der Waals surface area (Å²) in [6, 6.07) is 8.29. The fourth-order valence-corrected chi connectivity index (χ4v) is 1.96. The molecular formula is C22H31NO. The fraction of sp³-hybridized carbons (Fsp3) is 0.455. The predicted octanol–water partition coefficient (Wildman–Crippen LogP) is 5.07. The van der Waals surface area contributed by atoms with Crippen molar-refractivity contribution in [2.24, 2.45) is 5.41 Å². The maximum atomic E-state index is 5.76. The Morgan fingerprint density at radius 2 is 2.00 bits per heavy atom. The lowest BCUT2D eigenvalue weighted by Crippen LogP contribution is -2.17. The van der Waals surface area contributed by atoms with Gasteiger partial charge >= 0.3 is 0 Å². The first-order chi connectivity index (χ1) is 11.3. The molecule has 1 aromatic carbocycles. The van der Waals surface area contributed by atoms with Gasteiger partial charge in [-0.25, -0.2) is 0 Å². The summed E-state index contributed by atoms with van der Waals surface area (Å²) in [5, 5.41) is 0. The molecule has 2 nitrogen and oxygen atoms in total. The quantitative estimate of drug-likeness (QED) is 0.512. The van der Waals surface area contributed by atoms with Gasteiger partial charge in [0.05, 0.1) is 0 Å². The van der Waals surface area contributed by atoms with Crippen LogP contribution in [0.15, 0.2) is 48.1 Å². The number of hydrogen-bond donors (Lipinski definition) is 0. The van der Waals surface area contributed by atoms with E-state index < -0.39 is 0 Å². The number of likely N-dealkylation sites (N-methyl/N-ethyl adjacent to an activating group) is 1. The maximum Gasteiger partial charge on any atom is 0.120 e. The smallest absolute Gasteiger partial charge is 0.120 e. The Bertz CT molecular complexity index is 619. The van der Waals surface area contributed by atoms with Crippen LogP contribution in [0.2, 0.25) is 0 Å². The van der Waals surface area contributed by atoms with Gasteiger partial charge in [0.15, 0.2) is 0 Å². The number of rotatable bonds is 7. The Morgan fingerprint density at radius 3 is 2.67 bits per heavy atom. The molecule has 0 fully saturated rings. The average molecular weight is 325 g/mol. The molecule has 0 amide bonds. The molecule has 130 valence electrons. The van der Waals surface area contributed by atoms with Gasteiger partial charge in [0.2, 0.25) is 0 Å². The average Bonchev–Trinajstić information content (AvgIpc) is 2.45. The number of benzene rings is 1. The fourth-order valence-electron chi connectivity index (χ4n) is 1.96.